The van der Waals surface area contributed by atoms with Gasteiger partial charge in [-0.25, -0.2) is 0 Å². The van der Waals surface area contributed by atoms with Crippen LogP contribution in [0.5, 0.6) is 5.75 Å². The maximum atomic E-state index is 9.70. The third-order valence-corrected chi connectivity index (χ3v) is 3.01. The van der Waals surface area contributed by atoms with Crippen molar-refractivity contribution in [1.29, 1.82) is 0 Å². The molecule has 0 amide bonds. The number of phenolic OH excluding ortho intramolecular Hbond substituents is 1. The predicted octanol–water partition coefficient (Wildman–Crippen LogP) is 2.52. The van der Waals surface area contributed by atoms with Crippen LogP contribution >= 0.6 is 0 Å². The van der Waals surface area contributed by atoms with Crippen LogP contribution < -0.4 is 5.32 Å². The summed E-state index contributed by atoms with van der Waals surface area (Å²) >= 11 is 0. The first kappa shape index (κ1) is 14.0. The number of phenols is 1. The molecule has 1 unspecified atom stereocenters. The molecule has 2 N–H and O–H groups in total. The Morgan fingerprint density at radius 1 is 1.29 bits per heavy atom. The first-order valence-electron chi connectivity index (χ1n) is 6.09. The molecule has 0 aliphatic rings. The molecule has 0 bridgehead atoms. The van der Waals surface area contributed by atoms with Crippen molar-refractivity contribution in [1.82, 2.24) is 5.32 Å². The van der Waals surface area contributed by atoms with E-state index in [1.165, 1.54) is 5.56 Å². The van der Waals surface area contributed by atoms with Crippen LogP contribution in [-0.4, -0.2) is 24.9 Å². The van der Waals surface area contributed by atoms with Crippen LogP contribution in [0.25, 0.3) is 0 Å². The van der Waals surface area contributed by atoms with Gasteiger partial charge in [0.05, 0.1) is 6.61 Å². The van der Waals surface area contributed by atoms with Crippen molar-refractivity contribution in [2.75, 3.05) is 13.7 Å². The normalized spacial score (nSPS) is 12.7. The minimum absolute atomic E-state index is 0.384. The van der Waals surface area contributed by atoms with Gasteiger partial charge in [0.15, 0.2) is 0 Å². The summed E-state index contributed by atoms with van der Waals surface area (Å²) in [5.74, 6) is 0.401. The molecule has 1 atom stereocenters. The van der Waals surface area contributed by atoms with E-state index in [1.54, 1.807) is 7.11 Å². The van der Waals surface area contributed by atoms with Gasteiger partial charge in [0.2, 0.25) is 0 Å². The maximum absolute atomic E-state index is 9.70. The summed E-state index contributed by atoms with van der Waals surface area (Å²) in [5.41, 5.74) is 3.07. The molecule has 0 radical (unpaired) electrons. The maximum Gasteiger partial charge on any atom is 0.121 e. The van der Waals surface area contributed by atoms with Crippen LogP contribution in [0.15, 0.2) is 12.1 Å². The minimum atomic E-state index is 0.384. The quantitative estimate of drug-likeness (QED) is 0.799. The number of aryl methyl sites for hydroxylation is 2. The van der Waals surface area contributed by atoms with Crippen molar-refractivity contribution >= 4 is 0 Å². The number of benzene rings is 1. The molecule has 1 rings (SSSR count). The fraction of sp³-hybridized carbons (Fsp3) is 0.571. The van der Waals surface area contributed by atoms with Gasteiger partial charge in [0.25, 0.3) is 0 Å². The molecule has 0 aliphatic carbocycles. The molecule has 1 aromatic carbocycles. The van der Waals surface area contributed by atoms with Crippen LogP contribution in [0.3, 0.4) is 0 Å². The average molecular weight is 237 g/mol. The number of nitrogens with one attached hydrogen (secondary N) is 1. The fourth-order valence-corrected chi connectivity index (χ4v) is 1.93. The van der Waals surface area contributed by atoms with E-state index in [9.17, 15) is 5.11 Å². The second-order valence-electron chi connectivity index (χ2n) is 4.52. The van der Waals surface area contributed by atoms with Gasteiger partial charge in [-0.05, 0) is 37.0 Å². The predicted molar refractivity (Wildman–Crippen MR) is 70.4 cm³/mol. The topological polar surface area (TPSA) is 41.5 Å². The summed E-state index contributed by atoms with van der Waals surface area (Å²) in [4.78, 5) is 0. The van der Waals surface area contributed by atoms with Gasteiger partial charge in [0, 0.05) is 19.7 Å². The molecule has 0 aliphatic heterocycles. The Hall–Kier alpha value is -1.06. The van der Waals surface area contributed by atoms with Gasteiger partial charge in [0.1, 0.15) is 5.75 Å². The lowest BCUT2D eigenvalue weighted by Gasteiger charge is -2.16. The summed E-state index contributed by atoms with van der Waals surface area (Å²) in [6, 6.07) is 4.43. The zero-order valence-corrected chi connectivity index (χ0v) is 11.2. The lowest BCUT2D eigenvalue weighted by atomic mass is 10.1. The van der Waals surface area contributed by atoms with Crippen LogP contribution in [0, 0.1) is 13.8 Å². The molecule has 96 valence electrons. The Labute approximate surface area is 104 Å². The van der Waals surface area contributed by atoms with Crippen molar-refractivity contribution in [3.05, 3.63) is 28.8 Å². The second-order valence-corrected chi connectivity index (χ2v) is 4.52. The Kier molecular flexibility index (Phi) is 5.45. The Balaban J connectivity index is 2.63. The number of rotatable bonds is 6. The lowest BCUT2D eigenvalue weighted by Crippen LogP contribution is -2.32. The smallest absolute Gasteiger partial charge is 0.121 e. The zero-order chi connectivity index (χ0) is 12.8. The zero-order valence-electron chi connectivity index (χ0n) is 11.2. The van der Waals surface area contributed by atoms with Gasteiger partial charge < -0.3 is 15.2 Å². The van der Waals surface area contributed by atoms with Gasteiger partial charge in [-0.1, -0.05) is 19.1 Å². The van der Waals surface area contributed by atoms with Crippen LogP contribution in [0.2, 0.25) is 0 Å². The van der Waals surface area contributed by atoms with Gasteiger partial charge >= 0.3 is 0 Å². The lowest BCUT2D eigenvalue weighted by molar-refractivity contribution is 0.164. The number of aromatic hydroxyl groups is 1. The number of hydrogen-bond donors (Lipinski definition) is 2. The van der Waals surface area contributed by atoms with Gasteiger partial charge in [-0.15, -0.1) is 0 Å². The summed E-state index contributed by atoms with van der Waals surface area (Å²) in [5, 5.41) is 13.2. The number of hydrogen-bond acceptors (Lipinski definition) is 3. The minimum Gasteiger partial charge on any atom is -0.507 e. The molecule has 0 saturated heterocycles. The van der Waals surface area contributed by atoms with E-state index < -0.39 is 0 Å². The van der Waals surface area contributed by atoms with Crippen molar-refractivity contribution in [3.8, 4) is 5.75 Å². The highest BCUT2D eigenvalue weighted by Crippen LogP contribution is 2.22. The second kappa shape index (κ2) is 6.62. The molecular formula is C14H23NO2. The number of ether oxygens (including phenoxy) is 1. The summed E-state index contributed by atoms with van der Waals surface area (Å²) < 4.78 is 5.15. The third kappa shape index (κ3) is 4.02. The number of methoxy groups -OCH3 is 1. The summed E-state index contributed by atoms with van der Waals surface area (Å²) in [6.07, 6.45) is 1.05. The molecule has 0 fully saturated rings. The molecule has 0 aromatic heterocycles. The monoisotopic (exact) mass is 237 g/mol. The van der Waals surface area contributed by atoms with E-state index >= 15 is 0 Å². The van der Waals surface area contributed by atoms with Crippen LogP contribution in [0.1, 0.15) is 30.0 Å². The Bertz CT molecular complexity index is 340. The molecule has 0 spiro atoms. The summed E-state index contributed by atoms with van der Waals surface area (Å²) in [6.45, 7) is 7.54. The molecule has 3 heteroatoms. The van der Waals surface area contributed by atoms with E-state index in [4.69, 9.17) is 4.74 Å². The molecule has 1 aromatic rings. The fourth-order valence-electron chi connectivity index (χ4n) is 1.93. The van der Waals surface area contributed by atoms with Crippen molar-refractivity contribution in [3.63, 3.8) is 0 Å². The molecule has 17 heavy (non-hydrogen) atoms. The van der Waals surface area contributed by atoms with Crippen molar-refractivity contribution in [2.45, 2.75) is 39.8 Å². The largest absolute Gasteiger partial charge is 0.507 e. The van der Waals surface area contributed by atoms with Crippen LogP contribution in [0.4, 0.5) is 0 Å². The van der Waals surface area contributed by atoms with E-state index in [1.807, 2.05) is 26.0 Å². The highest BCUT2D eigenvalue weighted by Gasteiger charge is 2.07. The van der Waals surface area contributed by atoms with Crippen molar-refractivity contribution < 1.29 is 9.84 Å². The molecule has 0 heterocycles. The van der Waals surface area contributed by atoms with Gasteiger partial charge in [-0.2, -0.15) is 0 Å². The first-order valence-corrected chi connectivity index (χ1v) is 6.09. The highest BCUT2D eigenvalue weighted by molar-refractivity contribution is 5.42. The highest BCUT2D eigenvalue weighted by atomic mass is 16.5. The van der Waals surface area contributed by atoms with Gasteiger partial charge in [-0.3, -0.25) is 0 Å². The first-order chi connectivity index (χ1) is 8.08. The molecule has 3 nitrogen and oxygen atoms in total. The summed E-state index contributed by atoms with van der Waals surface area (Å²) in [7, 11) is 1.72. The SMILES string of the molecule is CCC(COC)NCc1cc(C)c(O)c(C)c1. The Morgan fingerprint density at radius 2 is 1.88 bits per heavy atom. The van der Waals surface area contributed by atoms with Crippen LogP contribution in [-0.2, 0) is 11.3 Å². The molecular weight excluding hydrogens is 214 g/mol. The third-order valence-electron chi connectivity index (χ3n) is 3.01. The van der Waals surface area contributed by atoms with E-state index in [0.717, 1.165) is 30.7 Å². The molecule has 0 saturated carbocycles. The average Bonchev–Trinajstić information content (AvgIpc) is 2.31. The van der Waals surface area contributed by atoms with E-state index in [-0.39, 0.29) is 0 Å². The standard InChI is InChI=1S/C14H23NO2/c1-5-13(9-17-4)15-8-12-6-10(2)14(16)11(3)7-12/h6-7,13,15-16H,5,8-9H2,1-4H3. The van der Waals surface area contributed by atoms with E-state index in [2.05, 4.69) is 12.2 Å². The van der Waals surface area contributed by atoms with Crippen molar-refractivity contribution in [2.24, 2.45) is 0 Å². The van der Waals surface area contributed by atoms with E-state index in [0.29, 0.717) is 11.8 Å². The Morgan fingerprint density at radius 3 is 2.35 bits per heavy atom.